The van der Waals surface area contributed by atoms with E-state index in [0.29, 0.717) is 0 Å². The minimum absolute atomic E-state index is 0.0944. The lowest BCUT2D eigenvalue weighted by Crippen LogP contribution is -2.12. The van der Waals surface area contributed by atoms with Crippen LogP contribution >= 0.6 is 11.6 Å². The van der Waals surface area contributed by atoms with Crippen LogP contribution in [0.25, 0.3) is 0 Å². The van der Waals surface area contributed by atoms with E-state index in [4.69, 9.17) is 11.6 Å². The second-order valence-corrected chi connectivity index (χ2v) is 2.94. The number of hydrogen-bond donors (Lipinski definition) is 0. The molecule has 0 aliphatic carbocycles. The summed E-state index contributed by atoms with van der Waals surface area (Å²) < 4.78 is 18.4. The van der Waals surface area contributed by atoms with Gasteiger partial charge in [-0.2, -0.15) is 0 Å². The third-order valence-corrected chi connectivity index (χ3v) is 1.85. The van der Waals surface area contributed by atoms with Crippen LogP contribution in [-0.2, 0) is 6.54 Å². The van der Waals surface area contributed by atoms with Crippen LogP contribution in [0.4, 0.5) is 4.39 Å². The molecular formula is C9H8ClFN2O2. The Morgan fingerprint density at radius 1 is 1.80 bits per heavy atom. The lowest BCUT2D eigenvalue weighted by molar-refractivity contribution is 0.377. The minimum atomic E-state index is -0.621. The van der Waals surface area contributed by atoms with Gasteiger partial charge >= 0.3 is 5.76 Å². The number of nitrogens with zero attached hydrogens (tertiary/aromatic N) is 2. The normalized spacial score (nSPS) is 12.9. The fourth-order valence-electron chi connectivity index (χ4n) is 0.806. The fourth-order valence-corrected chi connectivity index (χ4v) is 0.938. The molecule has 0 fully saturated rings. The van der Waals surface area contributed by atoms with Gasteiger partial charge in [-0.3, -0.25) is 9.09 Å². The van der Waals surface area contributed by atoms with Crippen molar-refractivity contribution in [3.8, 4) is 0 Å². The van der Waals surface area contributed by atoms with Crippen LogP contribution in [-0.4, -0.2) is 9.72 Å². The smallest absolute Gasteiger partial charge is 0.296 e. The highest BCUT2D eigenvalue weighted by Gasteiger charge is 2.01. The average Bonchev–Trinajstić information content (AvgIpc) is 2.61. The van der Waals surface area contributed by atoms with E-state index < -0.39 is 11.6 Å². The topological polar surface area (TPSA) is 48.0 Å². The summed E-state index contributed by atoms with van der Waals surface area (Å²) in [7, 11) is 0. The first-order valence-corrected chi connectivity index (χ1v) is 4.38. The molecule has 0 bridgehead atoms. The molecule has 1 rings (SSSR count). The van der Waals surface area contributed by atoms with Crippen LogP contribution in [0.5, 0.6) is 0 Å². The van der Waals surface area contributed by atoms with E-state index in [0.717, 1.165) is 10.6 Å². The molecule has 0 N–H and O–H groups in total. The summed E-state index contributed by atoms with van der Waals surface area (Å²) in [5.74, 6) is -1.24. The second-order valence-electron chi connectivity index (χ2n) is 2.53. The van der Waals surface area contributed by atoms with Crippen LogP contribution in [0.1, 0.15) is 0 Å². The first-order valence-electron chi connectivity index (χ1n) is 4.00. The van der Waals surface area contributed by atoms with E-state index in [-0.39, 0.29) is 11.6 Å². The van der Waals surface area contributed by atoms with Gasteiger partial charge in [0.05, 0.1) is 11.6 Å². The Morgan fingerprint density at radius 3 is 3.07 bits per heavy atom. The highest BCUT2D eigenvalue weighted by Crippen LogP contribution is 2.15. The summed E-state index contributed by atoms with van der Waals surface area (Å²) in [5.41, 5.74) is 0. The molecule has 1 aromatic rings. The molecule has 0 aliphatic rings. The van der Waals surface area contributed by atoms with E-state index in [2.05, 4.69) is 16.3 Å². The van der Waals surface area contributed by atoms with Gasteiger partial charge in [0.25, 0.3) is 0 Å². The molecule has 0 aliphatic heterocycles. The van der Waals surface area contributed by atoms with Crippen molar-refractivity contribution in [2.75, 3.05) is 0 Å². The zero-order chi connectivity index (χ0) is 11.3. The van der Waals surface area contributed by atoms with Crippen molar-refractivity contribution in [2.24, 2.45) is 0 Å². The van der Waals surface area contributed by atoms with Crippen molar-refractivity contribution < 1.29 is 8.91 Å². The van der Waals surface area contributed by atoms with Gasteiger partial charge in [-0.25, -0.2) is 9.18 Å². The molecule has 0 radical (unpaired) electrons. The number of halogens is 2. The zero-order valence-electron chi connectivity index (χ0n) is 7.69. The van der Waals surface area contributed by atoms with Gasteiger partial charge in [0.15, 0.2) is 0 Å². The number of hydrogen-bond acceptors (Lipinski definition) is 3. The molecule has 15 heavy (non-hydrogen) atoms. The molecule has 0 aromatic carbocycles. The molecule has 80 valence electrons. The Kier molecular flexibility index (Phi) is 4.05. The van der Waals surface area contributed by atoms with E-state index >= 15 is 0 Å². The Morgan fingerprint density at radius 2 is 2.53 bits per heavy atom. The third-order valence-electron chi connectivity index (χ3n) is 1.51. The van der Waals surface area contributed by atoms with E-state index in [1.54, 1.807) is 0 Å². The first-order chi connectivity index (χ1) is 7.15. The monoisotopic (exact) mass is 230 g/mol. The summed E-state index contributed by atoms with van der Waals surface area (Å²) in [6, 6.07) is 0. The van der Waals surface area contributed by atoms with Gasteiger partial charge in [0.2, 0.25) is 0 Å². The van der Waals surface area contributed by atoms with Crippen molar-refractivity contribution in [3.63, 3.8) is 0 Å². The highest BCUT2D eigenvalue weighted by molar-refractivity contribution is 6.31. The largest absolute Gasteiger partial charge is 0.441 e. The van der Waals surface area contributed by atoms with Crippen LogP contribution < -0.4 is 5.76 Å². The van der Waals surface area contributed by atoms with Gasteiger partial charge in [-0.1, -0.05) is 29.4 Å². The molecule has 0 amide bonds. The number of aromatic nitrogens is 2. The predicted molar refractivity (Wildman–Crippen MR) is 54.1 cm³/mol. The molecule has 1 heterocycles. The van der Waals surface area contributed by atoms with Gasteiger partial charge < -0.3 is 0 Å². The van der Waals surface area contributed by atoms with Gasteiger partial charge in [0.1, 0.15) is 12.2 Å². The van der Waals surface area contributed by atoms with E-state index in [1.165, 1.54) is 18.5 Å². The summed E-state index contributed by atoms with van der Waals surface area (Å²) in [6.07, 6.45) is 4.92. The van der Waals surface area contributed by atoms with E-state index in [1.807, 2.05) is 0 Å². The lowest BCUT2D eigenvalue weighted by atomic mass is 10.4. The maximum absolute atomic E-state index is 13.0. The lowest BCUT2D eigenvalue weighted by Gasteiger charge is -1.94. The second kappa shape index (κ2) is 5.31. The highest BCUT2D eigenvalue weighted by atomic mass is 35.5. The summed E-state index contributed by atoms with van der Waals surface area (Å²) in [4.78, 5) is 10.9. The summed E-state index contributed by atoms with van der Waals surface area (Å²) >= 11 is 5.58. The van der Waals surface area contributed by atoms with Crippen LogP contribution in [0.2, 0.25) is 0 Å². The van der Waals surface area contributed by atoms with Gasteiger partial charge in [0, 0.05) is 0 Å². The van der Waals surface area contributed by atoms with Crippen molar-refractivity contribution in [3.05, 3.63) is 52.5 Å². The zero-order valence-corrected chi connectivity index (χ0v) is 8.45. The van der Waals surface area contributed by atoms with Crippen LogP contribution in [0.15, 0.2) is 51.3 Å². The Balaban J connectivity index is 2.74. The van der Waals surface area contributed by atoms with Gasteiger partial charge in [-0.15, -0.1) is 0 Å². The maximum Gasteiger partial charge on any atom is 0.441 e. The molecule has 1 aromatic heterocycles. The fraction of sp³-hybridized carbons (Fsp3) is 0.111. The third kappa shape index (κ3) is 3.21. The van der Waals surface area contributed by atoms with Crippen molar-refractivity contribution in [2.45, 2.75) is 6.54 Å². The average molecular weight is 231 g/mol. The van der Waals surface area contributed by atoms with E-state index in [9.17, 15) is 9.18 Å². The molecule has 0 saturated carbocycles. The first kappa shape index (κ1) is 11.5. The SMILES string of the molecule is C=C/C=C(F)\C(Cl)=C/Cn1cnoc1=O. The quantitative estimate of drug-likeness (QED) is 0.744. The Hall–Kier alpha value is -1.62. The minimum Gasteiger partial charge on any atom is -0.296 e. The Bertz CT molecular complexity index is 459. The number of allylic oxidation sites excluding steroid dienone is 5. The maximum atomic E-state index is 13.0. The molecule has 0 saturated heterocycles. The predicted octanol–water partition coefficient (Wildman–Crippen LogP) is 2.00. The summed E-state index contributed by atoms with van der Waals surface area (Å²) in [5, 5.41) is 3.16. The molecule has 4 nitrogen and oxygen atoms in total. The molecule has 0 unspecified atom stereocenters. The summed E-state index contributed by atoms with van der Waals surface area (Å²) in [6.45, 7) is 3.42. The van der Waals surface area contributed by atoms with Crippen LogP contribution in [0.3, 0.4) is 0 Å². The Labute approximate surface area is 89.9 Å². The molecule has 0 atom stereocenters. The van der Waals surface area contributed by atoms with Crippen molar-refractivity contribution >= 4 is 11.6 Å². The molecule has 6 heteroatoms. The molecule has 0 spiro atoms. The van der Waals surface area contributed by atoms with Crippen molar-refractivity contribution in [1.82, 2.24) is 9.72 Å². The number of rotatable bonds is 4. The van der Waals surface area contributed by atoms with Crippen molar-refractivity contribution in [1.29, 1.82) is 0 Å². The van der Waals surface area contributed by atoms with Gasteiger partial charge in [-0.05, 0) is 12.2 Å². The standard InChI is InChI=1S/C9H8ClFN2O2/c1-2-3-8(11)7(10)4-5-13-6-12-15-9(13)14/h2-4,6H,1,5H2/b7-4+,8-3+. The molecular weight excluding hydrogens is 223 g/mol. The van der Waals surface area contributed by atoms with Crippen LogP contribution in [0, 0.1) is 0 Å².